The molecular weight excluding hydrogens is 238 g/mol. The van der Waals surface area contributed by atoms with Crippen LogP contribution in [-0.4, -0.2) is 15.7 Å². The highest BCUT2D eigenvalue weighted by Crippen LogP contribution is 2.27. The predicted molar refractivity (Wildman–Crippen MR) is 79.0 cm³/mol. The maximum absolute atomic E-state index is 11.1. The summed E-state index contributed by atoms with van der Waals surface area (Å²) < 4.78 is 1.69. The molecule has 0 aliphatic rings. The smallest absolute Gasteiger partial charge is 0.222 e. The van der Waals surface area contributed by atoms with E-state index in [9.17, 15) is 4.79 Å². The third-order valence-electron chi connectivity index (χ3n) is 2.63. The summed E-state index contributed by atoms with van der Waals surface area (Å²) in [6.07, 6.45) is 0. The zero-order valence-electron chi connectivity index (χ0n) is 12.2. The van der Waals surface area contributed by atoms with Crippen molar-refractivity contribution in [3.63, 3.8) is 0 Å². The van der Waals surface area contributed by atoms with Crippen LogP contribution in [0.5, 0.6) is 0 Å². The second kappa shape index (κ2) is 6.73. The van der Waals surface area contributed by atoms with Crippen molar-refractivity contribution in [3.05, 3.63) is 35.9 Å². The topological polar surface area (TPSA) is 46.9 Å². The van der Waals surface area contributed by atoms with Gasteiger partial charge in [0.25, 0.3) is 0 Å². The van der Waals surface area contributed by atoms with Gasteiger partial charge in [0.05, 0.1) is 5.69 Å². The van der Waals surface area contributed by atoms with Crippen LogP contribution in [-0.2, 0) is 11.8 Å². The third kappa shape index (κ3) is 3.44. The Bertz CT molecular complexity index is 544. The maximum atomic E-state index is 11.1. The average Bonchev–Trinajstić information content (AvgIpc) is 2.70. The summed E-state index contributed by atoms with van der Waals surface area (Å²) in [7, 11) is 1.82. The molecule has 4 nitrogen and oxygen atoms in total. The van der Waals surface area contributed by atoms with Crippen LogP contribution in [0, 0.1) is 6.92 Å². The summed E-state index contributed by atoms with van der Waals surface area (Å²) in [6.45, 7) is 7.45. The molecule has 0 fully saturated rings. The lowest BCUT2D eigenvalue weighted by atomic mass is 10.1. The first kappa shape index (κ1) is 15.0. The van der Waals surface area contributed by atoms with Crippen molar-refractivity contribution < 1.29 is 4.79 Å². The van der Waals surface area contributed by atoms with Crippen molar-refractivity contribution >= 4 is 11.7 Å². The molecule has 0 radical (unpaired) electrons. The quantitative estimate of drug-likeness (QED) is 0.898. The largest absolute Gasteiger partial charge is 0.311 e. The molecule has 1 heterocycles. The Morgan fingerprint density at radius 1 is 1.21 bits per heavy atom. The molecule has 2 aromatic rings. The Labute approximate surface area is 114 Å². The Hall–Kier alpha value is -2.10. The summed E-state index contributed by atoms with van der Waals surface area (Å²) in [4.78, 5) is 11.1. The molecular formula is C15H21N3O. The van der Waals surface area contributed by atoms with Crippen molar-refractivity contribution in [1.29, 1.82) is 0 Å². The molecule has 0 aliphatic carbocycles. The SMILES string of the molecule is CC.CC(=O)Nc1c(C)c(-c2ccccc2)nn1C. The molecule has 0 spiro atoms. The van der Waals surface area contributed by atoms with E-state index < -0.39 is 0 Å². The number of anilines is 1. The number of carbonyl (C=O) groups excluding carboxylic acids is 1. The Kier molecular flexibility index (Phi) is 5.30. The fourth-order valence-corrected chi connectivity index (χ4v) is 1.84. The van der Waals surface area contributed by atoms with Gasteiger partial charge in [0.2, 0.25) is 5.91 Å². The van der Waals surface area contributed by atoms with Crippen LogP contribution in [0.1, 0.15) is 26.3 Å². The monoisotopic (exact) mass is 259 g/mol. The van der Waals surface area contributed by atoms with Gasteiger partial charge in [0.1, 0.15) is 5.82 Å². The number of rotatable bonds is 2. The summed E-state index contributed by atoms with van der Waals surface area (Å²) in [6, 6.07) is 9.93. The lowest BCUT2D eigenvalue weighted by molar-refractivity contribution is -0.114. The number of aromatic nitrogens is 2. The molecule has 1 N–H and O–H groups in total. The van der Waals surface area contributed by atoms with Gasteiger partial charge in [-0.3, -0.25) is 9.48 Å². The lowest BCUT2D eigenvalue weighted by Crippen LogP contribution is -2.10. The van der Waals surface area contributed by atoms with Gasteiger partial charge in [0.15, 0.2) is 0 Å². The molecule has 0 bridgehead atoms. The van der Waals surface area contributed by atoms with Gasteiger partial charge in [-0.05, 0) is 6.92 Å². The van der Waals surface area contributed by atoms with Crippen LogP contribution in [0.2, 0.25) is 0 Å². The van der Waals surface area contributed by atoms with Gasteiger partial charge < -0.3 is 5.32 Å². The van der Waals surface area contributed by atoms with E-state index in [1.807, 2.05) is 58.2 Å². The molecule has 0 saturated heterocycles. The second-order valence-corrected chi connectivity index (χ2v) is 3.99. The van der Waals surface area contributed by atoms with Crippen molar-refractivity contribution in [1.82, 2.24) is 9.78 Å². The fourth-order valence-electron chi connectivity index (χ4n) is 1.84. The van der Waals surface area contributed by atoms with E-state index in [0.717, 1.165) is 22.6 Å². The molecule has 19 heavy (non-hydrogen) atoms. The van der Waals surface area contributed by atoms with E-state index in [0.29, 0.717) is 0 Å². The number of amides is 1. The highest BCUT2D eigenvalue weighted by molar-refractivity contribution is 5.89. The molecule has 0 unspecified atom stereocenters. The molecule has 0 atom stereocenters. The van der Waals surface area contributed by atoms with Crippen LogP contribution in [0.3, 0.4) is 0 Å². The van der Waals surface area contributed by atoms with E-state index in [-0.39, 0.29) is 5.91 Å². The number of hydrogen-bond acceptors (Lipinski definition) is 2. The molecule has 102 valence electrons. The van der Waals surface area contributed by atoms with Crippen LogP contribution >= 0.6 is 0 Å². The van der Waals surface area contributed by atoms with Crippen LogP contribution < -0.4 is 5.32 Å². The Morgan fingerprint density at radius 3 is 2.32 bits per heavy atom. The first-order chi connectivity index (χ1) is 9.09. The summed E-state index contributed by atoms with van der Waals surface area (Å²) in [5.74, 6) is 0.659. The number of nitrogens with one attached hydrogen (secondary N) is 1. The van der Waals surface area contributed by atoms with Crippen molar-refractivity contribution in [2.24, 2.45) is 7.05 Å². The maximum Gasteiger partial charge on any atom is 0.222 e. The highest BCUT2D eigenvalue weighted by atomic mass is 16.1. The summed E-state index contributed by atoms with van der Waals surface area (Å²) in [5.41, 5.74) is 2.93. The fraction of sp³-hybridized carbons (Fsp3) is 0.333. The minimum atomic E-state index is -0.0873. The van der Waals surface area contributed by atoms with E-state index in [4.69, 9.17) is 0 Å². The first-order valence-electron chi connectivity index (χ1n) is 6.46. The number of aryl methyl sites for hydroxylation is 1. The van der Waals surface area contributed by atoms with E-state index in [1.54, 1.807) is 4.68 Å². The lowest BCUT2D eigenvalue weighted by Gasteiger charge is -2.03. The van der Waals surface area contributed by atoms with E-state index in [1.165, 1.54) is 6.92 Å². The molecule has 4 heteroatoms. The standard InChI is InChI=1S/C13H15N3O.C2H6/c1-9-12(11-7-5-4-6-8-11)15-16(3)13(9)14-10(2)17;1-2/h4-8H,1-3H3,(H,14,17);1-2H3. The van der Waals surface area contributed by atoms with Crippen LogP contribution in [0.25, 0.3) is 11.3 Å². The van der Waals surface area contributed by atoms with Crippen molar-refractivity contribution in [3.8, 4) is 11.3 Å². The zero-order valence-corrected chi connectivity index (χ0v) is 12.2. The van der Waals surface area contributed by atoms with Crippen molar-refractivity contribution in [2.45, 2.75) is 27.7 Å². The first-order valence-corrected chi connectivity index (χ1v) is 6.46. The Morgan fingerprint density at radius 2 is 1.79 bits per heavy atom. The van der Waals surface area contributed by atoms with Gasteiger partial charge in [-0.25, -0.2) is 0 Å². The van der Waals surface area contributed by atoms with Crippen LogP contribution in [0.15, 0.2) is 30.3 Å². The highest BCUT2D eigenvalue weighted by Gasteiger charge is 2.14. The number of carbonyl (C=O) groups is 1. The molecule has 1 aromatic heterocycles. The van der Waals surface area contributed by atoms with Crippen molar-refractivity contribution in [2.75, 3.05) is 5.32 Å². The van der Waals surface area contributed by atoms with Gasteiger partial charge >= 0.3 is 0 Å². The zero-order chi connectivity index (χ0) is 14.4. The Balaban J connectivity index is 0.000000861. The van der Waals surface area contributed by atoms with Gasteiger partial charge in [-0.15, -0.1) is 0 Å². The average molecular weight is 259 g/mol. The molecule has 1 aromatic carbocycles. The predicted octanol–water partition coefficient (Wildman–Crippen LogP) is 3.38. The van der Waals surface area contributed by atoms with E-state index >= 15 is 0 Å². The summed E-state index contributed by atoms with van der Waals surface area (Å²) >= 11 is 0. The molecule has 2 rings (SSSR count). The van der Waals surface area contributed by atoms with Gasteiger partial charge in [0, 0.05) is 25.1 Å². The minimum Gasteiger partial charge on any atom is -0.311 e. The summed E-state index contributed by atoms with van der Waals surface area (Å²) in [5, 5.41) is 7.23. The molecule has 1 amide bonds. The second-order valence-electron chi connectivity index (χ2n) is 3.99. The van der Waals surface area contributed by atoms with Crippen LogP contribution in [0.4, 0.5) is 5.82 Å². The number of benzene rings is 1. The van der Waals surface area contributed by atoms with Gasteiger partial charge in [-0.1, -0.05) is 44.2 Å². The number of hydrogen-bond donors (Lipinski definition) is 1. The molecule has 0 saturated carbocycles. The molecule has 0 aliphatic heterocycles. The van der Waals surface area contributed by atoms with E-state index in [2.05, 4.69) is 10.4 Å². The normalized spacial score (nSPS) is 9.53. The minimum absolute atomic E-state index is 0.0873. The third-order valence-corrected chi connectivity index (χ3v) is 2.63. The number of nitrogens with zero attached hydrogens (tertiary/aromatic N) is 2. The van der Waals surface area contributed by atoms with Gasteiger partial charge in [-0.2, -0.15) is 5.10 Å².